The lowest BCUT2D eigenvalue weighted by atomic mass is 10.0. The Morgan fingerprint density at radius 3 is 2.73 bits per heavy atom. The van der Waals surface area contributed by atoms with Crippen LogP contribution in [0.5, 0.6) is 0 Å². The number of nitrogens with zero attached hydrogens (tertiary/aromatic N) is 3. The summed E-state index contributed by atoms with van der Waals surface area (Å²) in [4.78, 5) is 23.7. The molecule has 1 amide bonds. The van der Waals surface area contributed by atoms with Gasteiger partial charge in [-0.25, -0.2) is 9.97 Å². The number of piperidine rings is 1. The zero-order valence-corrected chi connectivity index (χ0v) is 13.6. The van der Waals surface area contributed by atoms with Gasteiger partial charge >= 0.3 is 0 Å². The maximum atomic E-state index is 12.4. The highest BCUT2D eigenvalue weighted by Crippen LogP contribution is 2.21. The lowest BCUT2D eigenvalue weighted by Crippen LogP contribution is -2.37. The van der Waals surface area contributed by atoms with Crippen molar-refractivity contribution in [2.45, 2.75) is 58.4 Å². The van der Waals surface area contributed by atoms with E-state index in [0.29, 0.717) is 23.6 Å². The number of aromatic nitrogens is 2. The van der Waals surface area contributed by atoms with Crippen molar-refractivity contribution < 1.29 is 4.79 Å². The first-order valence-corrected chi connectivity index (χ1v) is 8.53. The highest BCUT2D eigenvalue weighted by atomic mass is 16.1. The monoisotopic (exact) mass is 302 g/mol. The van der Waals surface area contributed by atoms with Crippen LogP contribution in [0.15, 0.2) is 6.07 Å². The summed E-state index contributed by atoms with van der Waals surface area (Å²) in [5.74, 6) is 1.32. The van der Waals surface area contributed by atoms with Crippen molar-refractivity contribution in [3.8, 4) is 0 Å². The molecule has 1 N–H and O–H groups in total. The minimum atomic E-state index is -0.0521. The molecular formula is C17H26N4O. The van der Waals surface area contributed by atoms with E-state index in [1.807, 2.05) is 6.92 Å². The number of nitrogens with one attached hydrogen (secondary N) is 1. The Balaban J connectivity index is 1.75. The average molecular weight is 302 g/mol. The molecule has 1 saturated heterocycles. The van der Waals surface area contributed by atoms with Crippen molar-refractivity contribution in [2.75, 3.05) is 18.0 Å². The quantitative estimate of drug-likeness (QED) is 0.932. The lowest BCUT2D eigenvalue weighted by Gasteiger charge is -2.31. The van der Waals surface area contributed by atoms with Crippen LogP contribution in [0.3, 0.4) is 0 Å². The normalized spacial score (nSPS) is 22.8. The molecule has 2 aliphatic rings. The summed E-state index contributed by atoms with van der Waals surface area (Å²) in [6.07, 6.45) is 7.04. The van der Waals surface area contributed by atoms with Crippen molar-refractivity contribution in [1.82, 2.24) is 15.3 Å². The summed E-state index contributed by atoms with van der Waals surface area (Å²) in [5.41, 5.74) is 1.37. The summed E-state index contributed by atoms with van der Waals surface area (Å²) < 4.78 is 0. The third-order valence-electron chi connectivity index (χ3n) is 4.71. The summed E-state index contributed by atoms with van der Waals surface area (Å²) in [7, 11) is 0. The van der Waals surface area contributed by atoms with Crippen molar-refractivity contribution in [2.24, 2.45) is 5.92 Å². The highest BCUT2D eigenvalue weighted by Gasteiger charge is 2.22. The number of aryl methyl sites for hydroxylation is 1. The van der Waals surface area contributed by atoms with Crippen LogP contribution in [0.2, 0.25) is 0 Å². The Kier molecular flexibility index (Phi) is 4.60. The second kappa shape index (κ2) is 6.63. The van der Waals surface area contributed by atoms with Gasteiger partial charge in [0.05, 0.1) is 0 Å². The number of carbonyl (C=O) groups excluding carboxylic acids is 1. The van der Waals surface area contributed by atoms with E-state index >= 15 is 0 Å². The smallest absolute Gasteiger partial charge is 0.270 e. The lowest BCUT2D eigenvalue weighted by molar-refractivity contribution is 0.0932. The van der Waals surface area contributed by atoms with Gasteiger partial charge in [0.25, 0.3) is 5.91 Å². The van der Waals surface area contributed by atoms with E-state index < -0.39 is 0 Å². The molecular weight excluding hydrogens is 276 g/mol. The molecule has 1 aromatic heterocycles. The number of hydrogen-bond acceptors (Lipinski definition) is 4. The molecule has 0 aromatic carbocycles. The molecule has 1 aliphatic heterocycles. The van der Waals surface area contributed by atoms with Crippen LogP contribution in [0, 0.1) is 12.8 Å². The first-order valence-electron chi connectivity index (χ1n) is 8.53. The van der Waals surface area contributed by atoms with Gasteiger partial charge in [0.15, 0.2) is 0 Å². The molecule has 0 bridgehead atoms. The number of hydrogen-bond donors (Lipinski definition) is 1. The van der Waals surface area contributed by atoms with E-state index in [1.54, 1.807) is 6.07 Å². The number of carbonyl (C=O) groups is 1. The molecule has 1 aromatic rings. The Labute approximate surface area is 132 Å². The summed E-state index contributed by atoms with van der Waals surface area (Å²) >= 11 is 0. The molecule has 3 rings (SSSR count). The predicted molar refractivity (Wildman–Crippen MR) is 87.1 cm³/mol. The maximum absolute atomic E-state index is 12.4. The SMILES string of the molecule is Cc1cc(C(=O)NC2CCCC2)nc(N2CCCC(C)C2)n1. The van der Waals surface area contributed by atoms with Crippen LogP contribution in [0.1, 0.15) is 61.6 Å². The fraction of sp³-hybridized carbons (Fsp3) is 0.706. The maximum Gasteiger partial charge on any atom is 0.270 e. The minimum Gasteiger partial charge on any atom is -0.348 e. The number of rotatable bonds is 3. The molecule has 1 saturated carbocycles. The van der Waals surface area contributed by atoms with E-state index in [1.165, 1.54) is 25.7 Å². The van der Waals surface area contributed by atoms with Crippen LogP contribution in [0.4, 0.5) is 5.95 Å². The third-order valence-corrected chi connectivity index (χ3v) is 4.71. The average Bonchev–Trinajstić information content (AvgIpc) is 2.99. The van der Waals surface area contributed by atoms with Gasteiger partial charge in [-0.2, -0.15) is 0 Å². The van der Waals surface area contributed by atoms with Crippen molar-refractivity contribution in [3.05, 3.63) is 17.5 Å². The summed E-state index contributed by atoms with van der Waals surface area (Å²) in [5, 5.41) is 3.11. The Bertz CT molecular complexity index is 539. The van der Waals surface area contributed by atoms with Crippen molar-refractivity contribution in [3.63, 3.8) is 0 Å². The fourth-order valence-electron chi connectivity index (χ4n) is 3.51. The first-order chi connectivity index (χ1) is 10.6. The van der Waals surface area contributed by atoms with Crippen LogP contribution >= 0.6 is 0 Å². The molecule has 2 fully saturated rings. The molecule has 5 heteroatoms. The zero-order chi connectivity index (χ0) is 15.5. The van der Waals surface area contributed by atoms with Gasteiger partial charge < -0.3 is 10.2 Å². The van der Waals surface area contributed by atoms with Crippen LogP contribution in [-0.4, -0.2) is 35.0 Å². The standard InChI is InChI=1S/C17H26N4O/c1-12-6-5-9-21(11-12)17-18-13(2)10-15(20-17)16(22)19-14-7-3-4-8-14/h10,12,14H,3-9,11H2,1-2H3,(H,19,22). The number of anilines is 1. The van der Waals surface area contributed by atoms with Gasteiger partial charge in [-0.1, -0.05) is 19.8 Å². The van der Waals surface area contributed by atoms with Gasteiger partial charge in [0, 0.05) is 24.8 Å². The predicted octanol–water partition coefficient (Wildman–Crippen LogP) is 2.69. The molecule has 1 unspecified atom stereocenters. The first kappa shape index (κ1) is 15.3. The van der Waals surface area contributed by atoms with E-state index in [-0.39, 0.29) is 5.91 Å². The summed E-state index contributed by atoms with van der Waals surface area (Å²) in [6, 6.07) is 2.11. The molecule has 2 heterocycles. The van der Waals surface area contributed by atoms with Gasteiger partial charge in [-0.05, 0) is 44.6 Å². The zero-order valence-electron chi connectivity index (χ0n) is 13.6. The number of amides is 1. The second-order valence-electron chi connectivity index (χ2n) is 6.84. The van der Waals surface area contributed by atoms with Crippen LogP contribution < -0.4 is 10.2 Å². The van der Waals surface area contributed by atoms with Gasteiger partial charge in [0.1, 0.15) is 5.69 Å². The Morgan fingerprint density at radius 1 is 1.23 bits per heavy atom. The molecule has 22 heavy (non-hydrogen) atoms. The largest absolute Gasteiger partial charge is 0.348 e. The minimum absolute atomic E-state index is 0.0521. The third kappa shape index (κ3) is 3.57. The van der Waals surface area contributed by atoms with E-state index in [9.17, 15) is 4.79 Å². The molecule has 1 atom stereocenters. The van der Waals surface area contributed by atoms with Gasteiger partial charge in [-0.15, -0.1) is 0 Å². The topological polar surface area (TPSA) is 58.1 Å². The molecule has 1 aliphatic carbocycles. The molecule has 120 valence electrons. The Hall–Kier alpha value is -1.65. The second-order valence-corrected chi connectivity index (χ2v) is 6.84. The van der Waals surface area contributed by atoms with Gasteiger partial charge in [0.2, 0.25) is 5.95 Å². The van der Waals surface area contributed by atoms with E-state index in [4.69, 9.17) is 0 Å². The van der Waals surface area contributed by atoms with Gasteiger partial charge in [-0.3, -0.25) is 4.79 Å². The van der Waals surface area contributed by atoms with Crippen molar-refractivity contribution in [1.29, 1.82) is 0 Å². The van der Waals surface area contributed by atoms with Crippen LogP contribution in [-0.2, 0) is 0 Å². The fourth-order valence-corrected chi connectivity index (χ4v) is 3.51. The summed E-state index contributed by atoms with van der Waals surface area (Å²) in [6.45, 7) is 6.16. The molecule has 0 radical (unpaired) electrons. The highest BCUT2D eigenvalue weighted by molar-refractivity contribution is 5.92. The van der Waals surface area contributed by atoms with E-state index in [2.05, 4.69) is 27.1 Å². The Morgan fingerprint density at radius 2 is 2.00 bits per heavy atom. The van der Waals surface area contributed by atoms with Crippen molar-refractivity contribution >= 4 is 11.9 Å². The molecule has 0 spiro atoms. The van der Waals surface area contributed by atoms with Crippen LogP contribution in [0.25, 0.3) is 0 Å². The van der Waals surface area contributed by atoms with E-state index in [0.717, 1.165) is 31.6 Å². The molecule has 5 nitrogen and oxygen atoms in total.